The molecule has 2 amide bonds. The summed E-state index contributed by atoms with van der Waals surface area (Å²) in [6, 6.07) is 4.07. The number of aromatic nitrogens is 1. The number of para-hydroxylation sites is 1. The van der Waals surface area contributed by atoms with Crippen LogP contribution in [-0.2, 0) is 0 Å². The van der Waals surface area contributed by atoms with Crippen LogP contribution in [0.4, 0.5) is 18.0 Å². The number of ether oxygens (including phenoxy) is 2. The highest BCUT2D eigenvalue weighted by Crippen LogP contribution is 2.47. The van der Waals surface area contributed by atoms with E-state index in [0.717, 1.165) is 6.20 Å². The monoisotopic (exact) mass is 425 g/mol. The molecule has 1 aliphatic heterocycles. The van der Waals surface area contributed by atoms with E-state index in [0.29, 0.717) is 0 Å². The number of carbonyl (C=O) groups excluding carboxylic acids is 2. The number of halogens is 3. The average molecular weight is 425 g/mol. The topological polar surface area (TPSA) is 110 Å². The number of benzene rings is 1. The van der Waals surface area contributed by atoms with Gasteiger partial charge in [0.05, 0.1) is 20.3 Å². The number of pyridine rings is 1. The van der Waals surface area contributed by atoms with Crippen molar-refractivity contribution in [3.05, 3.63) is 53.9 Å². The van der Waals surface area contributed by atoms with Crippen LogP contribution in [0.2, 0.25) is 0 Å². The maximum absolute atomic E-state index is 13.9. The zero-order valence-electron chi connectivity index (χ0n) is 15.9. The number of Topliss-reactive ketones (excluding diaryl/α,β-unsaturated/α-hetero) is 1. The molecule has 8 nitrogen and oxygen atoms in total. The summed E-state index contributed by atoms with van der Waals surface area (Å²) in [7, 11) is 2.59. The van der Waals surface area contributed by atoms with E-state index in [2.05, 4.69) is 10.3 Å². The number of rotatable bonds is 5. The third-order valence-electron chi connectivity index (χ3n) is 4.80. The van der Waals surface area contributed by atoms with Gasteiger partial charge < -0.3 is 25.2 Å². The largest absolute Gasteiger partial charge is 0.493 e. The minimum atomic E-state index is -5.36. The van der Waals surface area contributed by atoms with Gasteiger partial charge in [0.1, 0.15) is 5.92 Å². The quantitative estimate of drug-likeness (QED) is 0.634. The molecule has 2 heterocycles. The smallest absolute Gasteiger partial charge is 0.437 e. The molecule has 0 aliphatic carbocycles. The van der Waals surface area contributed by atoms with Gasteiger partial charge in [0, 0.05) is 23.5 Å². The number of urea groups is 1. The van der Waals surface area contributed by atoms with E-state index in [1.165, 1.54) is 56.1 Å². The maximum atomic E-state index is 13.9. The van der Waals surface area contributed by atoms with Crippen LogP contribution in [0.1, 0.15) is 22.0 Å². The van der Waals surface area contributed by atoms with E-state index in [9.17, 15) is 27.9 Å². The molecule has 3 atom stereocenters. The summed E-state index contributed by atoms with van der Waals surface area (Å²) in [5.74, 6) is -3.09. The summed E-state index contributed by atoms with van der Waals surface area (Å²) in [6.45, 7) is 0. The van der Waals surface area contributed by atoms with Gasteiger partial charge >= 0.3 is 12.2 Å². The molecule has 1 aromatic heterocycles. The van der Waals surface area contributed by atoms with E-state index >= 15 is 0 Å². The highest BCUT2D eigenvalue weighted by atomic mass is 19.4. The Morgan fingerprint density at radius 1 is 1.20 bits per heavy atom. The van der Waals surface area contributed by atoms with Crippen molar-refractivity contribution >= 4 is 11.8 Å². The number of nitrogens with one attached hydrogen (secondary N) is 2. The highest BCUT2D eigenvalue weighted by molar-refractivity contribution is 6.00. The third kappa shape index (κ3) is 3.52. The van der Waals surface area contributed by atoms with Crippen LogP contribution in [0, 0.1) is 5.92 Å². The number of nitrogens with zero attached hydrogens (tertiary/aromatic N) is 1. The van der Waals surface area contributed by atoms with Gasteiger partial charge in [-0.1, -0.05) is 12.1 Å². The Hall–Kier alpha value is -3.34. The van der Waals surface area contributed by atoms with Crippen molar-refractivity contribution in [1.29, 1.82) is 0 Å². The Bertz CT molecular complexity index is 954. The van der Waals surface area contributed by atoms with Crippen molar-refractivity contribution in [2.24, 2.45) is 5.92 Å². The highest BCUT2D eigenvalue weighted by Gasteiger charge is 2.66. The summed E-state index contributed by atoms with van der Waals surface area (Å²) >= 11 is 0. The zero-order valence-corrected chi connectivity index (χ0v) is 15.9. The van der Waals surface area contributed by atoms with Gasteiger partial charge in [-0.15, -0.1) is 0 Å². The van der Waals surface area contributed by atoms with Crippen LogP contribution in [0.5, 0.6) is 11.5 Å². The first-order valence-electron chi connectivity index (χ1n) is 8.67. The second kappa shape index (κ2) is 7.82. The number of methoxy groups -OCH3 is 2. The van der Waals surface area contributed by atoms with Crippen molar-refractivity contribution < 1.29 is 37.3 Å². The molecule has 0 bridgehead atoms. The number of aliphatic hydroxyl groups is 1. The number of carbonyl (C=O) groups is 2. The molecule has 0 spiro atoms. The molecule has 160 valence electrons. The van der Waals surface area contributed by atoms with E-state index < -0.39 is 35.7 Å². The lowest BCUT2D eigenvalue weighted by Gasteiger charge is -2.45. The van der Waals surface area contributed by atoms with Crippen molar-refractivity contribution in [2.75, 3.05) is 14.2 Å². The molecule has 0 radical (unpaired) electrons. The molecule has 11 heteroatoms. The van der Waals surface area contributed by atoms with Crippen LogP contribution in [-0.4, -0.2) is 48.0 Å². The van der Waals surface area contributed by atoms with Gasteiger partial charge in [0.2, 0.25) is 5.72 Å². The first kappa shape index (κ1) is 21.4. The molecule has 1 aromatic carbocycles. The van der Waals surface area contributed by atoms with E-state index in [4.69, 9.17) is 9.47 Å². The Labute approximate surface area is 169 Å². The van der Waals surface area contributed by atoms with E-state index in [1.54, 1.807) is 0 Å². The normalized spacial score (nSPS) is 23.9. The fourth-order valence-corrected chi connectivity index (χ4v) is 3.44. The predicted molar refractivity (Wildman–Crippen MR) is 97.0 cm³/mol. The Kier molecular flexibility index (Phi) is 5.57. The molecule has 0 saturated carbocycles. The minimum absolute atomic E-state index is 0.0145. The van der Waals surface area contributed by atoms with Crippen molar-refractivity contribution in [3.63, 3.8) is 0 Å². The molecule has 2 aromatic rings. The molecule has 3 rings (SSSR count). The summed E-state index contributed by atoms with van der Waals surface area (Å²) in [5.41, 5.74) is -3.99. The summed E-state index contributed by atoms with van der Waals surface area (Å²) < 4.78 is 52.2. The first-order valence-corrected chi connectivity index (χ1v) is 8.67. The average Bonchev–Trinajstić information content (AvgIpc) is 2.71. The number of hydrogen-bond acceptors (Lipinski definition) is 6. The predicted octanol–water partition coefficient (Wildman–Crippen LogP) is 2.20. The lowest BCUT2D eigenvalue weighted by Crippen LogP contribution is -2.72. The fourth-order valence-electron chi connectivity index (χ4n) is 3.44. The summed E-state index contributed by atoms with van der Waals surface area (Å²) in [6.07, 6.45) is -2.94. The van der Waals surface area contributed by atoms with Crippen LogP contribution < -0.4 is 20.1 Å². The van der Waals surface area contributed by atoms with Crippen molar-refractivity contribution in [2.45, 2.75) is 17.9 Å². The van der Waals surface area contributed by atoms with Gasteiger partial charge in [-0.05, 0) is 18.2 Å². The number of amides is 2. The summed E-state index contributed by atoms with van der Waals surface area (Å²) in [4.78, 5) is 29.0. The second-order valence-electron chi connectivity index (χ2n) is 6.51. The minimum Gasteiger partial charge on any atom is -0.493 e. The van der Waals surface area contributed by atoms with E-state index in [-0.39, 0.29) is 22.6 Å². The SMILES string of the molecule is COc1cccc([C@@H]2NC(=O)N[C@@](O)(C(F)(F)F)[C@@H]2C(=O)c2cccnc2)c1OC. The van der Waals surface area contributed by atoms with Crippen molar-refractivity contribution in [1.82, 2.24) is 15.6 Å². The number of hydrogen-bond donors (Lipinski definition) is 3. The molecule has 1 aliphatic rings. The van der Waals surface area contributed by atoms with Crippen LogP contribution >= 0.6 is 0 Å². The van der Waals surface area contributed by atoms with Gasteiger partial charge in [-0.2, -0.15) is 13.2 Å². The van der Waals surface area contributed by atoms with Gasteiger partial charge in [-0.25, -0.2) is 4.79 Å². The number of alkyl halides is 3. The standard InChI is InChI=1S/C19H18F3N3O5/c1-29-12-7-3-6-11(16(12)30-2)14-13(15(26)10-5-4-8-23-9-10)18(28,19(20,21)22)25-17(27)24-14/h3-9,13-14,28H,1-2H3,(H2,24,25,27)/t13-,14-,18-/m0/s1. The molecule has 0 unspecified atom stereocenters. The summed E-state index contributed by atoms with van der Waals surface area (Å²) in [5, 5.41) is 14.3. The molecular formula is C19H18F3N3O5. The lowest BCUT2D eigenvalue weighted by molar-refractivity contribution is -0.287. The zero-order chi connectivity index (χ0) is 22.1. The van der Waals surface area contributed by atoms with Crippen LogP contribution in [0.3, 0.4) is 0 Å². The second-order valence-corrected chi connectivity index (χ2v) is 6.51. The fraction of sp³-hybridized carbons (Fsp3) is 0.316. The third-order valence-corrected chi connectivity index (χ3v) is 4.80. The van der Waals surface area contributed by atoms with Crippen LogP contribution in [0.15, 0.2) is 42.7 Å². The van der Waals surface area contributed by atoms with Gasteiger partial charge in [0.15, 0.2) is 17.3 Å². The molecule has 30 heavy (non-hydrogen) atoms. The molecule has 1 fully saturated rings. The van der Waals surface area contributed by atoms with Gasteiger partial charge in [0.25, 0.3) is 0 Å². The Morgan fingerprint density at radius 3 is 2.50 bits per heavy atom. The molecule has 3 N–H and O–H groups in total. The number of ketones is 1. The van der Waals surface area contributed by atoms with Crippen LogP contribution in [0.25, 0.3) is 0 Å². The molecular weight excluding hydrogens is 407 g/mol. The lowest BCUT2D eigenvalue weighted by atomic mass is 9.77. The van der Waals surface area contributed by atoms with Crippen molar-refractivity contribution in [3.8, 4) is 11.5 Å². The Morgan fingerprint density at radius 2 is 1.93 bits per heavy atom. The van der Waals surface area contributed by atoms with E-state index in [1.807, 2.05) is 0 Å². The maximum Gasteiger partial charge on any atom is 0.437 e. The van der Waals surface area contributed by atoms with Gasteiger partial charge in [-0.3, -0.25) is 9.78 Å². The molecule has 1 saturated heterocycles. The Balaban J connectivity index is 2.24. The first-order chi connectivity index (χ1) is 14.1.